The number of allylic oxidation sites excluding steroid dienone is 5. The second-order valence-electron chi connectivity index (χ2n) is 15.7. The van der Waals surface area contributed by atoms with Gasteiger partial charge in [-0.3, -0.25) is 13.8 Å². The molecule has 3 unspecified atom stereocenters. The molecule has 1 amide bonds. The average molecular weight is 756 g/mol. The lowest BCUT2D eigenvalue weighted by atomic mass is 10.1. The van der Waals surface area contributed by atoms with Crippen LogP contribution < -0.4 is 5.32 Å². The Labute approximate surface area is 321 Å². The van der Waals surface area contributed by atoms with Crippen molar-refractivity contribution in [2.24, 2.45) is 0 Å². The van der Waals surface area contributed by atoms with E-state index in [0.717, 1.165) is 51.4 Å². The molecular formula is C43H84N2O6P+. The molecule has 0 heterocycles. The summed E-state index contributed by atoms with van der Waals surface area (Å²) >= 11 is 0. The number of unbranched alkanes of at least 4 members (excludes halogenated alkanes) is 21. The number of nitrogens with zero attached hydrogens (tertiary/aromatic N) is 1. The minimum atomic E-state index is -4.34. The number of phosphoric ester groups is 1. The Kier molecular flexibility index (Phi) is 34.6. The summed E-state index contributed by atoms with van der Waals surface area (Å²) in [4.78, 5) is 23.0. The third-order valence-electron chi connectivity index (χ3n) is 9.33. The first-order valence-corrected chi connectivity index (χ1v) is 22.9. The van der Waals surface area contributed by atoms with E-state index in [-0.39, 0.29) is 19.1 Å². The fraction of sp³-hybridized carbons (Fsp3) is 0.837. The van der Waals surface area contributed by atoms with Crippen LogP contribution in [0.15, 0.2) is 36.5 Å². The van der Waals surface area contributed by atoms with Crippen LogP contribution in [0.5, 0.6) is 0 Å². The summed E-state index contributed by atoms with van der Waals surface area (Å²) in [5, 5.41) is 13.8. The molecule has 3 atom stereocenters. The zero-order valence-electron chi connectivity index (χ0n) is 34.5. The number of likely N-dealkylation sites (N-methyl/N-ethyl adjacent to an activating group) is 1. The highest BCUT2D eigenvalue weighted by Crippen LogP contribution is 2.43. The number of aliphatic hydroxyl groups is 1. The number of carbonyl (C=O) groups is 1. The van der Waals surface area contributed by atoms with Gasteiger partial charge >= 0.3 is 7.82 Å². The van der Waals surface area contributed by atoms with Crippen molar-refractivity contribution >= 4 is 13.7 Å². The van der Waals surface area contributed by atoms with Gasteiger partial charge in [-0.2, -0.15) is 0 Å². The molecule has 0 saturated carbocycles. The molecule has 306 valence electrons. The fourth-order valence-corrected chi connectivity index (χ4v) is 6.61. The number of hydrogen-bond donors (Lipinski definition) is 3. The fourth-order valence-electron chi connectivity index (χ4n) is 5.87. The topological polar surface area (TPSA) is 105 Å². The normalized spacial score (nSPS) is 14.8. The van der Waals surface area contributed by atoms with E-state index in [2.05, 4.69) is 43.5 Å². The minimum Gasteiger partial charge on any atom is -0.387 e. The number of quaternary nitrogens is 1. The van der Waals surface area contributed by atoms with Gasteiger partial charge in [-0.15, -0.1) is 0 Å². The maximum atomic E-state index is 12.8. The first kappa shape index (κ1) is 50.7. The van der Waals surface area contributed by atoms with Crippen molar-refractivity contribution in [3.8, 4) is 0 Å². The van der Waals surface area contributed by atoms with Crippen LogP contribution in [-0.4, -0.2) is 73.4 Å². The van der Waals surface area contributed by atoms with Crippen molar-refractivity contribution in [2.75, 3.05) is 40.9 Å². The van der Waals surface area contributed by atoms with Crippen molar-refractivity contribution < 1.29 is 32.9 Å². The summed E-state index contributed by atoms with van der Waals surface area (Å²) in [6, 6.07) is -0.864. The number of aliphatic hydroxyl groups excluding tert-OH is 1. The zero-order valence-corrected chi connectivity index (χ0v) is 35.4. The quantitative estimate of drug-likeness (QED) is 0.0251. The van der Waals surface area contributed by atoms with Gasteiger partial charge in [0.2, 0.25) is 5.91 Å². The van der Waals surface area contributed by atoms with E-state index in [0.29, 0.717) is 17.4 Å². The Balaban J connectivity index is 4.53. The molecule has 3 N–H and O–H groups in total. The first-order valence-electron chi connectivity index (χ1n) is 21.4. The van der Waals surface area contributed by atoms with Crippen LogP contribution in [0, 0.1) is 0 Å². The molecule has 0 aliphatic heterocycles. The van der Waals surface area contributed by atoms with Gasteiger partial charge in [0.1, 0.15) is 13.2 Å². The molecule has 8 nitrogen and oxygen atoms in total. The summed E-state index contributed by atoms with van der Waals surface area (Å²) in [7, 11) is 1.55. The molecule has 0 aromatic carbocycles. The zero-order chi connectivity index (χ0) is 38.6. The van der Waals surface area contributed by atoms with Gasteiger partial charge in [0, 0.05) is 6.42 Å². The van der Waals surface area contributed by atoms with E-state index >= 15 is 0 Å². The molecule has 9 heteroatoms. The third kappa shape index (κ3) is 37.1. The number of hydrogen-bond acceptors (Lipinski definition) is 5. The van der Waals surface area contributed by atoms with E-state index in [4.69, 9.17) is 9.05 Å². The van der Waals surface area contributed by atoms with Gasteiger partial charge in [0.25, 0.3) is 0 Å². The van der Waals surface area contributed by atoms with E-state index in [1.54, 1.807) is 6.08 Å². The van der Waals surface area contributed by atoms with Crippen molar-refractivity contribution in [1.29, 1.82) is 0 Å². The Morgan fingerprint density at radius 3 is 1.56 bits per heavy atom. The van der Waals surface area contributed by atoms with Gasteiger partial charge in [0.15, 0.2) is 0 Å². The van der Waals surface area contributed by atoms with Crippen LogP contribution in [0.3, 0.4) is 0 Å². The molecule has 0 aliphatic rings. The highest BCUT2D eigenvalue weighted by Gasteiger charge is 2.27. The van der Waals surface area contributed by atoms with Crippen LogP contribution in [0.25, 0.3) is 0 Å². The van der Waals surface area contributed by atoms with Gasteiger partial charge in [-0.05, 0) is 57.8 Å². The van der Waals surface area contributed by atoms with Crippen LogP contribution in [0.2, 0.25) is 0 Å². The summed E-state index contributed by atoms with van der Waals surface area (Å²) in [6.07, 6.45) is 42.1. The summed E-state index contributed by atoms with van der Waals surface area (Å²) in [5.74, 6) is -0.198. The lowest BCUT2D eigenvalue weighted by Gasteiger charge is -2.25. The van der Waals surface area contributed by atoms with E-state index < -0.39 is 20.0 Å². The molecule has 0 aliphatic carbocycles. The first-order chi connectivity index (χ1) is 25.0. The standard InChI is InChI=1S/C43H83N2O6P/c1-6-8-10-12-14-16-18-20-21-22-23-25-26-28-30-32-34-36-42(46)41(40-51-52(48,49)50-39-38-45(3,4)5)44-43(47)37-35-33-31-29-27-24-19-17-15-13-11-9-7-2/h17,19,26,28,34,36,41-42,46H,6-16,18,20-25,27,29-33,35,37-40H2,1-5H3,(H-,44,47,48,49)/p+1/b19-17-,28-26+,36-34+. The van der Waals surface area contributed by atoms with Gasteiger partial charge in [-0.25, -0.2) is 4.57 Å². The van der Waals surface area contributed by atoms with Crippen LogP contribution in [0.1, 0.15) is 181 Å². The molecule has 0 spiro atoms. The molecular weight excluding hydrogens is 671 g/mol. The lowest BCUT2D eigenvalue weighted by Crippen LogP contribution is -2.45. The maximum absolute atomic E-state index is 12.8. The van der Waals surface area contributed by atoms with Crippen molar-refractivity contribution in [3.63, 3.8) is 0 Å². The molecule has 0 fully saturated rings. The van der Waals surface area contributed by atoms with Crippen LogP contribution in [-0.2, 0) is 18.4 Å². The summed E-state index contributed by atoms with van der Waals surface area (Å²) in [5.41, 5.74) is 0. The Bertz CT molecular complexity index is 948. The maximum Gasteiger partial charge on any atom is 0.472 e. The predicted molar refractivity (Wildman–Crippen MR) is 221 cm³/mol. The Morgan fingerprint density at radius 2 is 1.06 bits per heavy atom. The number of phosphoric acid groups is 1. The van der Waals surface area contributed by atoms with E-state index in [1.807, 2.05) is 27.2 Å². The number of nitrogens with one attached hydrogen (secondary N) is 1. The molecule has 0 aromatic rings. The minimum absolute atomic E-state index is 0.0544. The lowest BCUT2D eigenvalue weighted by molar-refractivity contribution is -0.870. The summed E-state index contributed by atoms with van der Waals surface area (Å²) in [6.45, 7) is 4.76. The van der Waals surface area contributed by atoms with Gasteiger partial charge in [-0.1, -0.05) is 153 Å². The van der Waals surface area contributed by atoms with E-state index in [9.17, 15) is 19.4 Å². The van der Waals surface area contributed by atoms with Gasteiger partial charge in [0.05, 0.1) is 39.9 Å². The van der Waals surface area contributed by atoms with Crippen LogP contribution in [0.4, 0.5) is 0 Å². The SMILES string of the molecule is CCCCCC/C=C\CCCCCCCC(=O)NC(COP(=O)(O)OCC[N+](C)(C)C)C(O)/C=C/CC/C=C/CCCCCCCCCCCCC. The average Bonchev–Trinajstić information content (AvgIpc) is 3.09. The molecule has 0 saturated heterocycles. The third-order valence-corrected chi connectivity index (χ3v) is 10.3. The van der Waals surface area contributed by atoms with Crippen LogP contribution >= 0.6 is 7.82 Å². The molecule has 52 heavy (non-hydrogen) atoms. The number of rotatable bonds is 38. The number of amides is 1. The van der Waals surface area contributed by atoms with Crippen molar-refractivity contribution in [1.82, 2.24) is 5.32 Å². The second-order valence-corrected chi connectivity index (χ2v) is 17.2. The largest absolute Gasteiger partial charge is 0.472 e. The molecule has 0 rings (SSSR count). The van der Waals surface area contributed by atoms with E-state index in [1.165, 1.54) is 109 Å². The van der Waals surface area contributed by atoms with Crippen molar-refractivity contribution in [3.05, 3.63) is 36.5 Å². The Morgan fingerprint density at radius 1 is 0.635 bits per heavy atom. The summed E-state index contributed by atoms with van der Waals surface area (Å²) < 4.78 is 23.5. The van der Waals surface area contributed by atoms with Gasteiger partial charge < -0.3 is 19.8 Å². The monoisotopic (exact) mass is 756 g/mol. The predicted octanol–water partition coefficient (Wildman–Crippen LogP) is 11.5. The number of carbonyl (C=O) groups excluding carboxylic acids is 1. The molecule has 0 bridgehead atoms. The highest BCUT2D eigenvalue weighted by atomic mass is 31.2. The highest BCUT2D eigenvalue weighted by molar-refractivity contribution is 7.47. The second kappa shape index (κ2) is 35.4. The molecule has 0 radical (unpaired) electrons. The smallest absolute Gasteiger partial charge is 0.387 e. The molecule has 0 aromatic heterocycles. The Hall–Kier alpha value is -1.28. The van der Waals surface area contributed by atoms with Crippen molar-refractivity contribution in [2.45, 2.75) is 193 Å².